The van der Waals surface area contributed by atoms with Gasteiger partial charge in [-0.3, -0.25) is 4.79 Å². The van der Waals surface area contributed by atoms with Gasteiger partial charge in [0.05, 0.1) is 20.3 Å². The zero-order valence-corrected chi connectivity index (χ0v) is 23.0. The highest BCUT2D eigenvalue weighted by atomic mass is 16.6. The Bertz CT molecular complexity index is 1140. The number of benzene rings is 2. The summed E-state index contributed by atoms with van der Waals surface area (Å²) in [5.41, 5.74) is 3.07. The van der Waals surface area contributed by atoms with Crippen molar-refractivity contribution in [3.05, 3.63) is 53.1 Å². The number of ether oxygens (including phenoxy) is 3. The number of fused-ring (bicyclic) bond motifs is 1. The molecule has 8 heteroatoms. The van der Waals surface area contributed by atoms with E-state index in [4.69, 9.17) is 14.2 Å². The van der Waals surface area contributed by atoms with Crippen LogP contribution in [0.4, 0.5) is 10.5 Å². The molecule has 2 heterocycles. The van der Waals surface area contributed by atoms with Crippen LogP contribution in [-0.4, -0.2) is 62.9 Å². The summed E-state index contributed by atoms with van der Waals surface area (Å²) in [6.45, 7) is 12.7. The molecule has 200 valence electrons. The van der Waals surface area contributed by atoms with E-state index >= 15 is 0 Å². The van der Waals surface area contributed by atoms with E-state index in [-0.39, 0.29) is 18.0 Å². The van der Waals surface area contributed by atoms with Gasteiger partial charge >= 0.3 is 6.09 Å². The van der Waals surface area contributed by atoms with Crippen molar-refractivity contribution in [1.82, 2.24) is 10.2 Å². The molecule has 2 fully saturated rings. The topological polar surface area (TPSA) is 80.3 Å². The summed E-state index contributed by atoms with van der Waals surface area (Å²) in [4.78, 5) is 29.9. The van der Waals surface area contributed by atoms with Crippen molar-refractivity contribution < 1.29 is 23.8 Å². The van der Waals surface area contributed by atoms with Crippen molar-refractivity contribution in [3.8, 4) is 11.5 Å². The molecule has 1 N–H and O–H groups in total. The zero-order chi connectivity index (χ0) is 26.9. The monoisotopic (exact) mass is 509 g/mol. The van der Waals surface area contributed by atoms with Gasteiger partial charge in [-0.25, -0.2) is 4.79 Å². The van der Waals surface area contributed by atoms with Gasteiger partial charge in [-0.2, -0.15) is 0 Å². The van der Waals surface area contributed by atoms with E-state index in [2.05, 4.69) is 16.3 Å². The quantitative estimate of drug-likeness (QED) is 0.602. The summed E-state index contributed by atoms with van der Waals surface area (Å²) < 4.78 is 16.3. The second-order valence-electron chi connectivity index (χ2n) is 11.1. The van der Waals surface area contributed by atoms with Crippen molar-refractivity contribution in [2.45, 2.75) is 46.3 Å². The van der Waals surface area contributed by atoms with Crippen LogP contribution in [0, 0.1) is 18.8 Å². The molecule has 0 radical (unpaired) electrons. The first-order valence-corrected chi connectivity index (χ1v) is 12.9. The van der Waals surface area contributed by atoms with Crippen LogP contribution >= 0.6 is 0 Å². The van der Waals surface area contributed by atoms with Crippen LogP contribution in [0.3, 0.4) is 0 Å². The Labute approximate surface area is 219 Å². The number of carbonyl (C=O) groups is 2. The summed E-state index contributed by atoms with van der Waals surface area (Å²) in [5.74, 6) is 1.96. The van der Waals surface area contributed by atoms with Gasteiger partial charge in [0.25, 0.3) is 5.91 Å². The molecule has 0 bridgehead atoms. The number of methoxy groups -OCH3 is 2. The standard InChI is InChI=1S/C29H39N3O5/c1-18-8-10-23(31-14-21-16-32(17-22(21)15-31)28(34)37-29(3,4)5)13-24(18)27(33)30-19(2)20-9-11-25(35-6)26(12-20)36-7/h8-13,19,21-22H,14-17H2,1-7H3,(H,30,33)/t19-,21?,22?/m1/s1. The Morgan fingerprint density at radius 3 is 2.19 bits per heavy atom. The van der Waals surface area contributed by atoms with Crippen molar-refractivity contribution in [2.75, 3.05) is 45.3 Å². The summed E-state index contributed by atoms with van der Waals surface area (Å²) >= 11 is 0. The Balaban J connectivity index is 1.41. The number of carbonyl (C=O) groups excluding carboxylic acids is 2. The van der Waals surface area contributed by atoms with Crippen LogP contribution in [0.15, 0.2) is 36.4 Å². The van der Waals surface area contributed by atoms with Crippen LogP contribution in [0.1, 0.15) is 55.2 Å². The number of nitrogens with zero attached hydrogens (tertiary/aromatic N) is 2. The van der Waals surface area contributed by atoms with Gasteiger partial charge in [0.1, 0.15) is 5.60 Å². The van der Waals surface area contributed by atoms with Crippen LogP contribution in [0.25, 0.3) is 0 Å². The van der Waals surface area contributed by atoms with Gasteiger partial charge < -0.3 is 29.3 Å². The maximum atomic E-state index is 13.3. The van der Waals surface area contributed by atoms with Crippen molar-refractivity contribution in [2.24, 2.45) is 11.8 Å². The Morgan fingerprint density at radius 2 is 1.59 bits per heavy atom. The molecule has 2 aliphatic heterocycles. The first kappa shape index (κ1) is 26.6. The summed E-state index contributed by atoms with van der Waals surface area (Å²) in [6.07, 6.45) is -0.230. The molecule has 2 saturated heterocycles. The number of amides is 2. The Morgan fingerprint density at radius 1 is 0.946 bits per heavy atom. The lowest BCUT2D eigenvalue weighted by Crippen LogP contribution is -2.37. The van der Waals surface area contributed by atoms with Crippen molar-refractivity contribution in [1.29, 1.82) is 0 Å². The number of nitrogens with one attached hydrogen (secondary N) is 1. The van der Waals surface area contributed by atoms with Crippen LogP contribution < -0.4 is 19.7 Å². The van der Waals surface area contributed by atoms with E-state index in [0.717, 1.165) is 29.9 Å². The number of aryl methyl sites for hydroxylation is 1. The molecule has 0 aromatic heterocycles. The van der Waals surface area contributed by atoms with Gasteiger partial charge in [-0.15, -0.1) is 0 Å². The molecule has 0 aliphatic carbocycles. The van der Waals surface area contributed by atoms with Crippen molar-refractivity contribution >= 4 is 17.7 Å². The predicted molar refractivity (Wildman–Crippen MR) is 144 cm³/mol. The highest BCUT2D eigenvalue weighted by Crippen LogP contribution is 2.35. The number of anilines is 1. The average Bonchev–Trinajstić information content (AvgIpc) is 3.42. The third kappa shape index (κ3) is 5.95. The van der Waals surface area contributed by atoms with Crippen LogP contribution in [0.5, 0.6) is 11.5 Å². The first-order chi connectivity index (χ1) is 17.5. The Kier molecular flexibility index (Phi) is 7.57. The second-order valence-corrected chi connectivity index (χ2v) is 11.1. The molecule has 3 atom stereocenters. The lowest BCUT2D eigenvalue weighted by atomic mass is 10.0. The lowest BCUT2D eigenvalue weighted by molar-refractivity contribution is 0.0282. The fourth-order valence-electron chi connectivity index (χ4n) is 5.21. The highest BCUT2D eigenvalue weighted by Gasteiger charge is 2.42. The fourth-order valence-corrected chi connectivity index (χ4v) is 5.21. The van der Waals surface area contributed by atoms with E-state index in [1.807, 2.05) is 69.9 Å². The van der Waals surface area contributed by atoms with E-state index in [1.54, 1.807) is 14.2 Å². The zero-order valence-electron chi connectivity index (χ0n) is 23.0. The minimum Gasteiger partial charge on any atom is -0.493 e. The Hall–Kier alpha value is -3.42. The molecule has 2 aliphatic rings. The van der Waals surface area contributed by atoms with Crippen molar-refractivity contribution in [3.63, 3.8) is 0 Å². The minimum atomic E-state index is -0.489. The number of rotatable bonds is 6. The lowest BCUT2D eigenvalue weighted by Gasteiger charge is -2.27. The molecule has 2 aromatic carbocycles. The normalized spacial score (nSPS) is 19.9. The minimum absolute atomic E-state index is 0.114. The largest absolute Gasteiger partial charge is 0.493 e. The number of hydrogen-bond acceptors (Lipinski definition) is 6. The fraction of sp³-hybridized carbons (Fsp3) is 0.517. The maximum absolute atomic E-state index is 13.3. The summed E-state index contributed by atoms with van der Waals surface area (Å²) in [6, 6.07) is 11.5. The first-order valence-electron chi connectivity index (χ1n) is 12.9. The SMILES string of the molecule is COc1ccc([C@@H](C)NC(=O)c2cc(N3CC4CN(C(=O)OC(C)(C)C)CC4C3)ccc2C)cc1OC. The molecule has 2 amide bonds. The average molecular weight is 510 g/mol. The molecular weight excluding hydrogens is 470 g/mol. The van der Waals surface area contributed by atoms with Gasteiger partial charge in [0.2, 0.25) is 0 Å². The third-order valence-electron chi connectivity index (χ3n) is 7.22. The second kappa shape index (κ2) is 10.5. The molecule has 4 rings (SSSR count). The smallest absolute Gasteiger partial charge is 0.410 e. The number of hydrogen-bond donors (Lipinski definition) is 1. The summed E-state index contributed by atoms with van der Waals surface area (Å²) in [7, 11) is 3.20. The van der Waals surface area contributed by atoms with Crippen LogP contribution in [0.2, 0.25) is 0 Å². The maximum Gasteiger partial charge on any atom is 0.410 e. The van der Waals surface area contributed by atoms with E-state index in [9.17, 15) is 9.59 Å². The van der Waals surface area contributed by atoms with E-state index < -0.39 is 5.60 Å². The van der Waals surface area contributed by atoms with Crippen LogP contribution in [-0.2, 0) is 4.74 Å². The molecule has 37 heavy (non-hydrogen) atoms. The third-order valence-corrected chi connectivity index (χ3v) is 7.22. The molecule has 0 spiro atoms. The van der Waals surface area contributed by atoms with E-state index in [0.29, 0.717) is 42.0 Å². The molecule has 2 unspecified atom stereocenters. The highest BCUT2D eigenvalue weighted by molar-refractivity contribution is 5.97. The molecule has 8 nitrogen and oxygen atoms in total. The molecular formula is C29H39N3O5. The van der Waals surface area contributed by atoms with E-state index in [1.165, 1.54) is 0 Å². The molecule has 0 saturated carbocycles. The van der Waals surface area contributed by atoms with Gasteiger partial charge in [0.15, 0.2) is 11.5 Å². The van der Waals surface area contributed by atoms with Gasteiger partial charge in [-0.05, 0) is 70.0 Å². The molecule has 2 aromatic rings. The van der Waals surface area contributed by atoms with Gasteiger partial charge in [-0.1, -0.05) is 12.1 Å². The number of likely N-dealkylation sites (tertiary alicyclic amines) is 1. The van der Waals surface area contributed by atoms with Gasteiger partial charge in [0, 0.05) is 49.3 Å². The summed E-state index contributed by atoms with van der Waals surface area (Å²) in [5, 5.41) is 3.12. The predicted octanol–water partition coefficient (Wildman–Crippen LogP) is 4.81.